The van der Waals surface area contributed by atoms with Crippen molar-refractivity contribution in [1.29, 1.82) is 0 Å². The largest absolute Gasteiger partial charge is 0.462 e. The number of carbonyl (C=O) groups is 2. The number of allylic oxidation sites excluding steroid dienone is 8. The van der Waals surface area contributed by atoms with Crippen molar-refractivity contribution in [3.05, 3.63) is 48.6 Å². The molecule has 2 unspecified atom stereocenters. The zero-order chi connectivity index (χ0) is 51.2. The first-order chi connectivity index (χ1) is 34.0. The van der Waals surface area contributed by atoms with E-state index in [1.54, 1.807) is 0 Å². The maximum absolute atomic E-state index is 12.9. The quantitative estimate of drug-likeness (QED) is 0.0196. The van der Waals surface area contributed by atoms with Gasteiger partial charge in [-0.05, 0) is 57.8 Å². The smallest absolute Gasteiger partial charge is 0.306 e. The van der Waals surface area contributed by atoms with Gasteiger partial charge in [0, 0.05) is 12.8 Å². The molecule has 13 heteroatoms. The zero-order valence-corrected chi connectivity index (χ0v) is 44.9. The molecule has 12 nitrogen and oxygen atoms in total. The molecule has 70 heavy (non-hydrogen) atoms. The third-order valence-corrected chi connectivity index (χ3v) is 13.7. The Morgan fingerprint density at radius 2 is 0.857 bits per heavy atom. The number of aliphatic hydroxyl groups excluding tert-OH is 3. The van der Waals surface area contributed by atoms with Gasteiger partial charge in [0.15, 0.2) is 12.4 Å². The number of aliphatic hydroxyl groups is 3. The molecule has 408 valence electrons. The first-order valence-electron chi connectivity index (χ1n) is 28.2. The first kappa shape index (κ1) is 65.6. The van der Waals surface area contributed by atoms with Gasteiger partial charge in [-0.1, -0.05) is 223 Å². The lowest BCUT2D eigenvalue weighted by Crippen LogP contribution is -2.60. The average Bonchev–Trinajstić information content (AvgIpc) is 3.33. The lowest BCUT2D eigenvalue weighted by Gasteiger charge is -2.40. The second kappa shape index (κ2) is 46.4. The number of unbranched alkanes of at least 4 members (excludes halogenated alkanes) is 28. The van der Waals surface area contributed by atoms with Crippen LogP contribution in [0, 0.1) is 0 Å². The monoisotopic (exact) mass is 1010 g/mol. The highest BCUT2D eigenvalue weighted by molar-refractivity contribution is 7.85. The van der Waals surface area contributed by atoms with Crippen molar-refractivity contribution in [2.24, 2.45) is 0 Å². The molecule has 6 atom stereocenters. The number of ether oxygens (including phenoxy) is 4. The molecule has 0 spiro atoms. The van der Waals surface area contributed by atoms with Gasteiger partial charge in [-0.25, -0.2) is 0 Å². The van der Waals surface area contributed by atoms with E-state index in [0.717, 1.165) is 57.8 Å². The third-order valence-electron chi connectivity index (χ3n) is 12.9. The average molecular weight is 1010 g/mol. The number of hydrogen-bond acceptors (Lipinski definition) is 11. The van der Waals surface area contributed by atoms with E-state index in [0.29, 0.717) is 12.8 Å². The molecule has 0 amide bonds. The molecule has 1 fully saturated rings. The molecule has 0 aromatic carbocycles. The van der Waals surface area contributed by atoms with Crippen LogP contribution in [0.25, 0.3) is 0 Å². The van der Waals surface area contributed by atoms with Crippen molar-refractivity contribution in [3.8, 4) is 0 Å². The summed E-state index contributed by atoms with van der Waals surface area (Å²) in [5, 5.41) is 31.0. The van der Waals surface area contributed by atoms with E-state index >= 15 is 0 Å². The number of hydrogen-bond donors (Lipinski definition) is 4. The summed E-state index contributed by atoms with van der Waals surface area (Å²) in [4.78, 5) is 25.6. The molecule has 1 rings (SSSR count). The summed E-state index contributed by atoms with van der Waals surface area (Å²) in [7, 11) is -4.61. The Balaban J connectivity index is 2.34. The second-order valence-corrected chi connectivity index (χ2v) is 21.1. The second-order valence-electron chi connectivity index (χ2n) is 19.6. The topological polar surface area (TPSA) is 186 Å². The van der Waals surface area contributed by atoms with Gasteiger partial charge < -0.3 is 34.3 Å². The normalized spacial score (nSPS) is 19.3. The van der Waals surface area contributed by atoms with Crippen LogP contribution >= 0.6 is 0 Å². The molecule has 1 aliphatic heterocycles. The number of esters is 2. The Morgan fingerprint density at radius 1 is 0.486 bits per heavy atom. The van der Waals surface area contributed by atoms with Gasteiger partial charge in [0.05, 0.1) is 6.61 Å². The van der Waals surface area contributed by atoms with Crippen LogP contribution in [0.3, 0.4) is 0 Å². The maximum atomic E-state index is 12.9. The maximum Gasteiger partial charge on any atom is 0.306 e. The molecule has 0 aromatic heterocycles. The van der Waals surface area contributed by atoms with Gasteiger partial charge in [-0.2, -0.15) is 8.42 Å². The Bertz CT molecular complexity index is 1460. The van der Waals surface area contributed by atoms with Crippen LogP contribution in [0.5, 0.6) is 0 Å². The van der Waals surface area contributed by atoms with Crippen molar-refractivity contribution in [2.45, 2.75) is 282 Å². The Kier molecular flexibility index (Phi) is 43.5. The van der Waals surface area contributed by atoms with E-state index in [1.165, 1.54) is 148 Å². The summed E-state index contributed by atoms with van der Waals surface area (Å²) >= 11 is 0. The predicted molar refractivity (Wildman–Crippen MR) is 284 cm³/mol. The van der Waals surface area contributed by atoms with E-state index < -0.39 is 71.2 Å². The van der Waals surface area contributed by atoms with Gasteiger partial charge in [0.2, 0.25) is 0 Å². The summed E-state index contributed by atoms with van der Waals surface area (Å²) in [5.41, 5.74) is 0. The molecule has 1 heterocycles. The molecule has 1 aliphatic rings. The molecule has 4 N–H and O–H groups in total. The minimum absolute atomic E-state index is 0.160. The first-order valence-corrected chi connectivity index (χ1v) is 29.8. The SMILES string of the molecule is CCCCC/C=C/C/C=C/C/C=C/C/C=C/CCCCCC(=O)OC[C@H](CO[C@H]1O[C@H](CS(=O)(=O)O)[C@@H](O)C(O)C1O)OC(=O)CCCCCCCCCCCCCCCCCCCCCCCCC. The number of carbonyl (C=O) groups excluding carboxylic acids is 2. The lowest BCUT2D eigenvalue weighted by atomic mass is 10.00. The fraction of sp³-hybridized carbons (Fsp3) is 0.825. The van der Waals surface area contributed by atoms with Gasteiger partial charge in [-0.3, -0.25) is 14.1 Å². The van der Waals surface area contributed by atoms with Crippen molar-refractivity contribution in [1.82, 2.24) is 0 Å². The van der Waals surface area contributed by atoms with Crippen LogP contribution in [0.4, 0.5) is 0 Å². The predicted octanol–water partition coefficient (Wildman–Crippen LogP) is 13.5. The summed E-state index contributed by atoms with van der Waals surface area (Å²) < 4.78 is 54.3. The van der Waals surface area contributed by atoms with Crippen LogP contribution in [-0.4, -0.2) is 96.0 Å². The van der Waals surface area contributed by atoms with Crippen molar-refractivity contribution >= 4 is 22.1 Å². The van der Waals surface area contributed by atoms with E-state index in [4.69, 9.17) is 18.9 Å². The molecular formula is C57H102O12S. The fourth-order valence-corrected chi connectivity index (χ4v) is 9.24. The van der Waals surface area contributed by atoms with Crippen molar-refractivity contribution < 1.29 is 56.8 Å². The Morgan fingerprint density at radius 3 is 1.30 bits per heavy atom. The van der Waals surface area contributed by atoms with E-state index in [2.05, 4.69) is 62.5 Å². The van der Waals surface area contributed by atoms with Crippen LogP contribution in [0.15, 0.2) is 48.6 Å². The Hall–Kier alpha value is -2.39. The molecule has 0 aromatic rings. The molecule has 0 saturated carbocycles. The molecule has 0 radical (unpaired) electrons. The van der Waals surface area contributed by atoms with Crippen molar-refractivity contribution in [3.63, 3.8) is 0 Å². The van der Waals surface area contributed by atoms with E-state index in [-0.39, 0.29) is 19.4 Å². The molecule has 0 bridgehead atoms. The summed E-state index contributed by atoms with van der Waals surface area (Å²) in [6, 6.07) is 0. The zero-order valence-electron chi connectivity index (χ0n) is 44.1. The van der Waals surface area contributed by atoms with Gasteiger partial charge >= 0.3 is 11.9 Å². The molecule has 1 saturated heterocycles. The summed E-state index contributed by atoms with van der Waals surface area (Å²) in [5.74, 6) is -2.01. The van der Waals surface area contributed by atoms with Gasteiger partial charge in [0.25, 0.3) is 10.1 Å². The molecule has 0 aliphatic carbocycles. The highest BCUT2D eigenvalue weighted by atomic mass is 32.2. The highest BCUT2D eigenvalue weighted by Crippen LogP contribution is 2.24. The summed E-state index contributed by atoms with van der Waals surface area (Å²) in [6.07, 6.45) is 48.7. The fourth-order valence-electron chi connectivity index (χ4n) is 8.54. The van der Waals surface area contributed by atoms with Crippen LogP contribution in [0.2, 0.25) is 0 Å². The summed E-state index contributed by atoms with van der Waals surface area (Å²) in [6.45, 7) is 3.75. The number of rotatable bonds is 48. The van der Waals surface area contributed by atoms with Crippen molar-refractivity contribution in [2.75, 3.05) is 19.0 Å². The standard InChI is InChI=1S/C57H102O12S/c1-3-5-7-9-11-13-15-17-19-21-23-24-25-26-28-30-32-34-36-38-40-42-44-46-53(59)68-50(48-67-57-56(62)55(61)54(60)51(69-57)49-70(63,64)65)47-66-52(58)45-43-41-39-37-35-33-31-29-27-22-20-18-16-14-12-10-8-6-4-2/h12,14,18,20,27,29,33,35,50-51,54-57,60-62H,3-11,13,15-17,19,21-26,28,30-32,34,36-49H2,1-2H3,(H,63,64,65)/b14-12+,20-18+,29-27+,35-33+/t50-,51-,54-,55?,56?,57+/m1/s1. The van der Waals surface area contributed by atoms with Crippen LogP contribution in [-0.2, 0) is 38.7 Å². The minimum atomic E-state index is -4.61. The minimum Gasteiger partial charge on any atom is -0.462 e. The Labute approximate surface area is 426 Å². The highest BCUT2D eigenvalue weighted by Gasteiger charge is 2.46. The van der Waals surface area contributed by atoms with Gasteiger partial charge in [-0.15, -0.1) is 0 Å². The third kappa shape index (κ3) is 40.1. The van der Waals surface area contributed by atoms with E-state index in [1.807, 2.05) is 0 Å². The lowest BCUT2D eigenvalue weighted by molar-refractivity contribution is -0.297. The van der Waals surface area contributed by atoms with E-state index in [9.17, 15) is 37.9 Å². The molecular weight excluding hydrogens is 909 g/mol. The van der Waals surface area contributed by atoms with Crippen LogP contribution < -0.4 is 0 Å². The van der Waals surface area contributed by atoms with Crippen LogP contribution in [0.1, 0.15) is 245 Å². The van der Waals surface area contributed by atoms with Gasteiger partial charge in [0.1, 0.15) is 36.8 Å².